The maximum Gasteiger partial charge on any atom is 0.287 e. The fourth-order valence-corrected chi connectivity index (χ4v) is 1.64. The van der Waals surface area contributed by atoms with Gasteiger partial charge in [-0.3, -0.25) is 14.8 Å². The average molecular weight is 257 g/mol. The largest absolute Gasteiger partial charge is 0.383 e. The van der Waals surface area contributed by atoms with E-state index >= 15 is 0 Å². The van der Waals surface area contributed by atoms with Crippen LogP contribution in [0, 0.1) is 21.4 Å². The lowest BCUT2D eigenvalue weighted by Gasteiger charge is -2.06. The smallest absolute Gasteiger partial charge is 0.287 e. The van der Waals surface area contributed by atoms with Gasteiger partial charge >= 0.3 is 0 Å². The molecular formula is C12H11N5O2. The van der Waals surface area contributed by atoms with E-state index in [1.54, 1.807) is 16.9 Å². The zero-order chi connectivity index (χ0) is 13.7. The molecule has 2 aromatic rings. The summed E-state index contributed by atoms with van der Waals surface area (Å²) >= 11 is 0. The summed E-state index contributed by atoms with van der Waals surface area (Å²) in [5, 5.41) is 26.7. The van der Waals surface area contributed by atoms with Crippen LogP contribution in [0.25, 0.3) is 0 Å². The molecule has 96 valence electrons. The summed E-state index contributed by atoms with van der Waals surface area (Å²) in [6.45, 7) is 1.29. The van der Waals surface area contributed by atoms with Gasteiger partial charge in [0.15, 0.2) is 0 Å². The van der Waals surface area contributed by atoms with Gasteiger partial charge in [-0.25, -0.2) is 0 Å². The summed E-state index contributed by atoms with van der Waals surface area (Å²) < 4.78 is 1.77. The van der Waals surface area contributed by atoms with Crippen molar-refractivity contribution in [1.29, 1.82) is 5.26 Å². The number of anilines is 1. The Hall–Kier alpha value is -2.88. The molecule has 0 spiro atoms. The van der Waals surface area contributed by atoms with Crippen molar-refractivity contribution in [1.82, 2.24) is 9.78 Å². The molecule has 0 saturated carbocycles. The van der Waals surface area contributed by atoms with Crippen molar-refractivity contribution >= 4 is 11.4 Å². The molecule has 0 aliphatic carbocycles. The van der Waals surface area contributed by atoms with Gasteiger partial charge in [0, 0.05) is 30.7 Å². The van der Waals surface area contributed by atoms with E-state index in [1.165, 1.54) is 12.1 Å². The lowest BCUT2D eigenvalue weighted by molar-refractivity contribution is -0.385. The third kappa shape index (κ3) is 3.07. The molecule has 1 aromatic heterocycles. The van der Waals surface area contributed by atoms with Gasteiger partial charge in [-0.05, 0) is 18.2 Å². The van der Waals surface area contributed by atoms with E-state index in [0.717, 1.165) is 0 Å². The van der Waals surface area contributed by atoms with Crippen LogP contribution in [0.2, 0.25) is 0 Å². The number of nitrogens with zero attached hydrogens (tertiary/aromatic N) is 4. The van der Waals surface area contributed by atoms with Crippen LogP contribution in [0.1, 0.15) is 5.56 Å². The number of benzene rings is 1. The highest BCUT2D eigenvalue weighted by atomic mass is 16.6. The number of nitriles is 1. The van der Waals surface area contributed by atoms with E-state index in [0.29, 0.717) is 18.8 Å². The number of nitro groups is 1. The first kappa shape index (κ1) is 12.6. The van der Waals surface area contributed by atoms with Crippen molar-refractivity contribution in [3.63, 3.8) is 0 Å². The van der Waals surface area contributed by atoms with E-state index in [2.05, 4.69) is 10.4 Å². The Morgan fingerprint density at radius 1 is 1.53 bits per heavy atom. The van der Waals surface area contributed by atoms with Gasteiger partial charge in [0.2, 0.25) is 0 Å². The maximum absolute atomic E-state index is 10.7. The monoisotopic (exact) mass is 257 g/mol. The first-order valence-electron chi connectivity index (χ1n) is 5.60. The Labute approximate surface area is 109 Å². The third-order valence-electron chi connectivity index (χ3n) is 2.54. The SMILES string of the molecule is N#Cc1cc(NCCn2cccn2)ccc1[N+](=O)[O-]. The lowest BCUT2D eigenvalue weighted by atomic mass is 10.2. The third-order valence-corrected chi connectivity index (χ3v) is 2.54. The second-order valence-electron chi connectivity index (χ2n) is 3.80. The molecule has 0 bridgehead atoms. The molecule has 7 nitrogen and oxygen atoms in total. The van der Waals surface area contributed by atoms with Crippen LogP contribution in [-0.4, -0.2) is 21.2 Å². The van der Waals surface area contributed by atoms with Crippen molar-refractivity contribution in [2.24, 2.45) is 0 Å². The van der Waals surface area contributed by atoms with Crippen LogP contribution in [0.3, 0.4) is 0 Å². The number of nitro benzene ring substituents is 1. The van der Waals surface area contributed by atoms with Gasteiger partial charge in [0.05, 0.1) is 11.5 Å². The maximum atomic E-state index is 10.7. The van der Waals surface area contributed by atoms with Gasteiger partial charge in [0.1, 0.15) is 11.6 Å². The first-order chi connectivity index (χ1) is 9.20. The molecule has 1 N–H and O–H groups in total. The van der Waals surface area contributed by atoms with Crippen LogP contribution in [0.4, 0.5) is 11.4 Å². The minimum Gasteiger partial charge on any atom is -0.383 e. The molecule has 1 heterocycles. The van der Waals surface area contributed by atoms with Crippen LogP contribution in [-0.2, 0) is 6.54 Å². The van der Waals surface area contributed by atoms with Gasteiger partial charge in [-0.2, -0.15) is 10.4 Å². The van der Waals surface area contributed by atoms with E-state index < -0.39 is 4.92 Å². The Morgan fingerprint density at radius 3 is 3.00 bits per heavy atom. The van der Waals surface area contributed by atoms with Crippen LogP contribution >= 0.6 is 0 Å². The van der Waals surface area contributed by atoms with Crippen molar-refractivity contribution in [3.05, 3.63) is 52.3 Å². The second-order valence-corrected chi connectivity index (χ2v) is 3.80. The normalized spacial score (nSPS) is 9.84. The quantitative estimate of drug-likeness (QED) is 0.650. The number of rotatable bonds is 5. The lowest BCUT2D eigenvalue weighted by Crippen LogP contribution is -2.10. The summed E-state index contributed by atoms with van der Waals surface area (Å²) in [6.07, 6.45) is 3.54. The van der Waals surface area contributed by atoms with E-state index in [-0.39, 0.29) is 11.3 Å². The second kappa shape index (κ2) is 5.64. The minimum atomic E-state index is -0.563. The van der Waals surface area contributed by atoms with Crippen LogP contribution in [0.5, 0.6) is 0 Å². The zero-order valence-corrected chi connectivity index (χ0v) is 9.98. The predicted molar refractivity (Wildman–Crippen MR) is 68.5 cm³/mol. The molecule has 0 unspecified atom stereocenters. The van der Waals surface area contributed by atoms with E-state index in [9.17, 15) is 10.1 Å². The van der Waals surface area contributed by atoms with Crippen LogP contribution in [0.15, 0.2) is 36.7 Å². The summed E-state index contributed by atoms with van der Waals surface area (Å²) in [4.78, 5) is 10.1. The Balaban J connectivity index is 2.01. The molecule has 19 heavy (non-hydrogen) atoms. The number of aromatic nitrogens is 2. The van der Waals surface area contributed by atoms with E-state index in [4.69, 9.17) is 5.26 Å². The summed E-state index contributed by atoms with van der Waals surface area (Å²) in [5.74, 6) is 0. The Kier molecular flexibility index (Phi) is 3.73. The fraction of sp³-hybridized carbons (Fsp3) is 0.167. The fourth-order valence-electron chi connectivity index (χ4n) is 1.64. The van der Waals surface area contributed by atoms with Gasteiger partial charge < -0.3 is 5.32 Å². The molecule has 0 amide bonds. The molecule has 0 atom stereocenters. The summed E-state index contributed by atoms with van der Waals surface area (Å²) in [6, 6.07) is 8.04. The molecule has 0 saturated heterocycles. The van der Waals surface area contributed by atoms with Crippen LogP contribution < -0.4 is 5.32 Å². The highest BCUT2D eigenvalue weighted by Crippen LogP contribution is 2.21. The Morgan fingerprint density at radius 2 is 2.37 bits per heavy atom. The van der Waals surface area contributed by atoms with Crippen molar-refractivity contribution < 1.29 is 4.92 Å². The number of hydrogen-bond donors (Lipinski definition) is 1. The topological polar surface area (TPSA) is 96.8 Å². The van der Waals surface area contributed by atoms with E-state index in [1.807, 2.05) is 18.3 Å². The molecule has 7 heteroatoms. The molecule has 2 rings (SSSR count). The molecule has 0 aliphatic rings. The zero-order valence-electron chi connectivity index (χ0n) is 9.98. The number of hydrogen-bond acceptors (Lipinski definition) is 5. The van der Waals surface area contributed by atoms with Crippen molar-refractivity contribution in [3.8, 4) is 6.07 Å². The predicted octanol–water partition coefficient (Wildman–Crippen LogP) is 1.78. The number of nitrogens with one attached hydrogen (secondary N) is 1. The van der Waals surface area contributed by atoms with Gasteiger partial charge in [-0.15, -0.1) is 0 Å². The van der Waals surface area contributed by atoms with Gasteiger partial charge in [0.25, 0.3) is 5.69 Å². The molecular weight excluding hydrogens is 246 g/mol. The summed E-state index contributed by atoms with van der Waals surface area (Å²) in [7, 11) is 0. The van der Waals surface area contributed by atoms with Gasteiger partial charge in [-0.1, -0.05) is 0 Å². The van der Waals surface area contributed by atoms with Crippen molar-refractivity contribution in [2.45, 2.75) is 6.54 Å². The van der Waals surface area contributed by atoms with Crippen molar-refractivity contribution in [2.75, 3.05) is 11.9 Å². The molecule has 0 radical (unpaired) electrons. The first-order valence-corrected chi connectivity index (χ1v) is 5.60. The highest BCUT2D eigenvalue weighted by Gasteiger charge is 2.13. The molecule has 0 fully saturated rings. The summed E-state index contributed by atoms with van der Waals surface area (Å²) in [5.41, 5.74) is 0.545. The molecule has 0 aliphatic heterocycles. The Bertz CT molecular complexity index is 616. The minimum absolute atomic E-state index is 0.0501. The molecule has 1 aromatic carbocycles. The average Bonchev–Trinajstić information content (AvgIpc) is 2.91. The highest BCUT2D eigenvalue weighted by molar-refractivity contribution is 5.58. The standard InChI is InChI=1S/C12H11N5O2/c13-9-10-8-11(2-3-12(10)17(18)19)14-5-7-16-6-1-4-15-16/h1-4,6,8,14H,5,7H2.